The average Bonchev–Trinajstić information content (AvgIpc) is 1.96. The van der Waals surface area contributed by atoms with Gasteiger partial charge in [0.15, 0.2) is 0 Å². The van der Waals surface area contributed by atoms with Gasteiger partial charge in [0, 0.05) is 4.47 Å². The molecule has 1 aromatic heterocycles. The SMILES string of the molecule is Cc1nc(F)cc(C(C)C)c1Br. The zero-order valence-electron chi connectivity index (χ0n) is 7.36. The van der Waals surface area contributed by atoms with Crippen LogP contribution in [0.25, 0.3) is 0 Å². The quantitative estimate of drug-likeness (QED) is 0.676. The lowest BCUT2D eigenvalue weighted by Gasteiger charge is -2.09. The molecular weight excluding hydrogens is 221 g/mol. The van der Waals surface area contributed by atoms with Crippen LogP contribution in [0.2, 0.25) is 0 Å². The minimum atomic E-state index is -0.403. The van der Waals surface area contributed by atoms with Gasteiger partial charge in [-0.05, 0) is 40.4 Å². The highest BCUT2D eigenvalue weighted by atomic mass is 79.9. The summed E-state index contributed by atoms with van der Waals surface area (Å²) in [7, 11) is 0. The van der Waals surface area contributed by atoms with Crippen molar-refractivity contribution in [3.63, 3.8) is 0 Å². The fourth-order valence-corrected chi connectivity index (χ4v) is 1.72. The zero-order valence-corrected chi connectivity index (χ0v) is 8.94. The van der Waals surface area contributed by atoms with Crippen molar-refractivity contribution in [2.45, 2.75) is 26.7 Å². The second-order valence-corrected chi connectivity index (χ2v) is 3.88. The van der Waals surface area contributed by atoms with E-state index in [9.17, 15) is 4.39 Å². The van der Waals surface area contributed by atoms with Crippen LogP contribution < -0.4 is 0 Å². The number of rotatable bonds is 1. The lowest BCUT2D eigenvalue weighted by molar-refractivity contribution is 0.574. The molecule has 0 aliphatic heterocycles. The minimum absolute atomic E-state index is 0.315. The summed E-state index contributed by atoms with van der Waals surface area (Å²) < 4.78 is 13.8. The molecule has 0 saturated carbocycles. The lowest BCUT2D eigenvalue weighted by atomic mass is 10.0. The van der Waals surface area contributed by atoms with E-state index in [1.807, 2.05) is 13.8 Å². The van der Waals surface area contributed by atoms with E-state index in [2.05, 4.69) is 20.9 Å². The second-order valence-electron chi connectivity index (χ2n) is 3.09. The van der Waals surface area contributed by atoms with Crippen molar-refractivity contribution in [1.29, 1.82) is 0 Å². The number of aromatic nitrogens is 1. The molecule has 0 atom stereocenters. The molecule has 0 N–H and O–H groups in total. The van der Waals surface area contributed by atoms with Gasteiger partial charge in [-0.1, -0.05) is 13.8 Å². The summed E-state index contributed by atoms with van der Waals surface area (Å²) in [5.41, 5.74) is 1.68. The van der Waals surface area contributed by atoms with Crippen LogP contribution in [0, 0.1) is 12.9 Å². The van der Waals surface area contributed by atoms with Gasteiger partial charge in [0.1, 0.15) is 0 Å². The molecule has 1 aromatic rings. The first-order valence-electron chi connectivity index (χ1n) is 3.85. The Morgan fingerprint density at radius 3 is 2.58 bits per heavy atom. The molecule has 12 heavy (non-hydrogen) atoms. The maximum absolute atomic E-state index is 12.8. The predicted molar refractivity (Wildman–Crippen MR) is 50.7 cm³/mol. The molecule has 0 saturated heterocycles. The summed E-state index contributed by atoms with van der Waals surface area (Å²) in [4.78, 5) is 3.70. The first-order chi connectivity index (χ1) is 5.52. The third kappa shape index (κ3) is 1.83. The van der Waals surface area contributed by atoms with Crippen molar-refractivity contribution in [3.8, 4) is 0 Å². The molecule has 1 rings (SSSR count). The van der Waals surface area contributed by atoms with Crippen molar-refractivity contribution in [3.05, 3.63) is 27.7 Å². The first-order valence-corrected chi connectivity index (χ1v) is 4.64. The van der Waals surface area contributed by atoms with Crippen LogP contribution in [-0.2, 0) is 0 Å². The summed E-state index contributed by atoms with van der Waals surface area (Å²) in [6.07, 6.45) is 0. The first kappa shape index (κ1) is 9.65. The topological polar surface area (TPSA) is 12.9 Å². The zero-order chi connectivity index (χ0) is 9.30. The maximum Gasteiger partial charge on any atom is 0.213 e. The molecule has 0 spiro atoms. The third-order valence-corrected chi connectivity index (χ3v) is 2.77. The van der Waals surface area contributed by atoms with Gasteiger partial charge in [0.2, 0.25) is 5.95 Å². The summed E-state index contributed by atoms with van der Waals surface area (Å²) in [5, 5.41) is 0. The van der Waals surface area contributed by atoms with Crippen LogP contribution in [0.4, 0.5) is 4.39 Å². The predicted octanol–water partition coefficient (Wildman–Crippen LogP) is 3.42. The molecule has 1 heterocycles. The Balaban J connectivity index is 3.28. The van der Waals surface area contributed by atoms with Crippen molar-refractivity contribution in [1.82, 2.24) is 4.98 Å². The van der Waals surface area contributed by atoms with Crippen LogP contribution in [0.5, 0.6) is 0 Å². The van der Waals surface area contributed by atoms with E-state index in [4.69, 9.17) is 0 Å². The van der Waals surface area contributed by atoms with E-state index in [0.717, 1.165) is 10.0 Å². The molecule has 66 valence electrons. The van der Waals surface area contributed by atoms with Gasteiger partial charge in [-0.15, -0.1) is 0 Å². The fraction of sp³-hybridized carbons (Fsp3) is 0.444. The number of hydrogen-bond donors (Lipinski definition) is 0. The summed E-state index contributed by atoms with van der Waals surface area (Å²) in [5.74, 6) is -0.0880. The molecular formula is C9H11BrFN. The van der Waals surface area contributed by atoms with Crippen molar-refractivity contribution < 1.29 is 4.39 Å². The highest BCUT2D eigenvalue weighted by molar-refractivity contribution is 9.10. The maximum atomic E-state index is 12.8. The van der Waals surface area contributed by atoms with Gasteiger partial charge >= 0.3 is 0 Å². The number of halogens is 2. The van der Waals surface area contributed by atoms with Crippen molar-refractivity contribution >= 4 is 15.9 Å². The summed E-state index contributed by atoms with van der Waals surface area (Å²) >= 11 is 3.39. The van der Waals surface area contributed by atoms with Gasteiger partial charge in [0.05, 0.1) is 5.69 Å². The second kappa shape index (κ2) is 3.52. The molecule has 0 aliphatic rings. The van der Waals surface area contributed by atoms with Crippen LogP contribution in [0.3, 0.4) is 0 Å². The van der Waals surface area contributed by atoms with Crippen LogP contribution in [0.15, 0.2) is 10.5 Å². The van der Waals surface area contributed by atoms with Crippen LogP contribution in [0.1, 0.15) is 31.0 Å². The summed E-state index contributed by atoms with van der Waals surface area (Å²) in [6, 6.07) is 1.47. The number of nitrogens with zero attached hydrogens (tertiary/aromatic N) is 1. The largest absolute Gasteiger partial charge is 0.224 e. The molecule has 0 aromatic carbocycles. The Morgan fingerprint density at radius 1 is 1.50 bits per heavy atom. The highest BCUT2D eigenvalue weighted by Crippen LogP contribution is 2.26. The molecule has 3 heteroatoms. The summed E-state index contributed by atoms with van der Waals surface area (Å²) in [6.45, 7) is 5.84. The average molecular weight is 232 g/mol. The fourth-order valence-electron chi connectivity index (χ4n) is 1.06. The van der Waals surface area contributed by atoms with Crippen molar-refractivity contribution in [2.75, 3.05) is 0 Å². The molecule has 0 unspecified atom stereocenters. The Morgan fingerprint density at radius 2 is 2.08 bits per heavy atom. The lowest BCUT2D eigenvalue weighted by Crippen LogP contribution is -1.97. The van der Waals surface area contributed by atoms with Crippen LogP contribution >= 0.6 is 15.9 Å². The number of pyridine rings is 1. The van der Waals surface area contributed by atoms with Gasteiger partial charge in [-0.25, -0.2) is 4.98 Å². The Bertz CT molecular complexity index is 297. The number of hydrogen-bond acceptors (Lipinski definition) is 1. The van der Waals surface area contributed by atoms with Gasteiger partial charge in [0.25, 0.3) is 0 Å². The van der Waals surface area contributed by atoms with E-state index in [-0.39, 0.29) is 0 Å². The van der Waals surface area contributed by atoms with Crippen LogP contribution in [-0.4, -0.2) is 4.98 Å². The number of aryl methyl sites for hydroxylation is 1. The normalized spacial score (nSPS) is 10.8. The molecule has 0 aliphatic carbocycles. The van der Waals surface area contributed by atoms with Crippen molar-refractivity contribution in [2.24, 2.45) is 0 Å². The Kier molecular flexibility index (Phi) is 2.83. The molecule has 0 fully saturated rings. The molecule has 0 amide bonds. The molecule has 0 radical (unpaired) electrons. The molecule has 0 bridgehead atoms. The Hall–Kier alpha value is -0.440. The smallest absolute Gasteiger partial charge is 0.213 e. The van der Waals surface area contributed by atoms with Gasteiger partial charge in [-0.3, -0.25) is 0 Å². The van der Waals surface area contributed by atoms with E-state index in [0.29, 0.717) is 11.6 Å². The third-order valence-electron chi connectivity index (χ3n) is 1.74. The van der Waals surface area contributed by atoms with Gasteiger partial charge in [-0.2, -0.15) is 4.39 Å². The van der Waals surface area contributed by atoms with E-state index >= 15 is 0 Å². The van der Waals surface area contributed by atoms with E-state index < -0.39 is 5.95 Å². The Labute approximate surface area is 80.1 Å². The van der Waals surface area contributed by atoms with E-state index in [1.165, 1.54) is 6.07 Å². The minimum Gasteiger partial charge on any atom is -0.224 e. The highest BCUT2D eigenvalue weighted by Gasteiger charge is 2.09. The van der Waals surface area contributed by atoms with Gasteiger partial charge < -0.3 is 0 Å². The monoisotopic (exact) mass is 231 g/mol. The molecule has 1 nitrogen and oxygen atoms in total. The van der Waals surface area contributed by atoms with E-state index in [1.54, 1.807) is 6.92 Å². The standard InChI is InChI=1S/C9H11BrFN/c1-5(2)7-4-8(11)12-6(3)9(7)10/h4-5H,1-3H3.